The van der Waals surface area contributed by atoms with Crippen LogP contribution in [-0.4, -0.2) is 73.2 Å². The Morgan fingerprint density at radius 1 is 1.00 bits per heavy atom. The molecule has 0 amide bonds. The Kier molecular flexibility index (Phi) is 6.97. The van der Waals surface area contributed by atoms with Gasteiger partial charge in [-0.25, -0.2) is 24.9 Å². The first-order chi connectivity index (χ1) is 17.4. The first kappa shape index (κ1) is 24.3. The van der Waals surface area contributed by atoms with Crippen molar-refractivity contribution in [2.24, 2.45) is 0 Å². The highest BCUT2D eigenvalue weighted by Crippen LogP contribution is 2.25. The van der Waals surface area contributed by atoms with Crippen LogP contribution >= 0.6 is 11.6 Å². The first-order valence-corrected chi connectivity index (χ1v) is 12.5. The highest BCUT2D eigenvalue weighted by Gasteiger charge is 2.20. The standard InChI is InChI=1S/C25H29ClFN9/c1-16(2)34-8-10-35(11-9-34)18-4-5-22(30-14-18)29-13-17(3)36-15-31-23-21(36)12-20(32-24(23)27)19-6-7-28-25(26)33-19/h4-7,12,14-17H,8-11,13H2,1-3H3,(H,29,30). The first-order valence-electron chi connectivity index (χ1n) is 12.1. The third-order valence-electron chi connectivity index (χ3n) is 6.62. The molecule has 0 aromatic carbocycles. The van der Waals surface area contributed by atoms with Crippen molar-refractivity contribution >= 4 is 34.1 Å². The Balaban J connectivity index is 1.26. The number of rotatable bonds is 7. The number of nitrogens with zero attached hydrogens (tertiary/aromatic N) is 8. The molecule has 1 atom stereocenters. The normalized spacial score (nSPS) is 15.6. The fourth-order valence-electron chi connectivity index (χ4n) is 4.48. The lowest BCUT2D eigenvalue weighted by atomic mass is 10.2. The van der Waals surface area contributed by atoms with Gasteiger partial charge < -0.3 is 14.8 Å². The Hall–Kier alpha value is -3.37. The van der Waals surface area contributed by atoms with Crippen LogP contribution in [0.4, 0.5) is 15.9 Å². The molecule has 5 heterocycles. The fourth-order valence-corrected chi connectivity index (χ4v) is 4.63. The van der Waals surface area contributed by atoms with Crippen molar-refractivity contribution in [3.05, 3.63) is 54.2 Å². The summed E-state index contributed by atoms with van der Waals surface area (Å²) >= 11 is 5.90. The smallest absolute Gasteiger partial charge is 0.241 e. The molecule has 4 aromatic rings. The molecule has 9 nitrogen and oxygen atoms in total. The minimum atomic E-state index is -0.650. The zero-order valence-corrected chi connectivity index (χ0v) is 21.3. The van der Waals surface area contributed by atoms with Crippen LogP contribution < -0.4 is 10.2 Å². The van der Waals surface area contributed by atoms with Crippen LogP contribution in [0.25, 0.3) is 22.4 Å². The molecule has 11 heteroatoms. The van der Waals surface area contributed by atoms with E-state index in [9.17, 15) is 4.39 Å². The molecule has 0 spiro atoms. The molecule has 0 aliphatic carbocycles. The molecule has 1 saturated heterocycles. The molecule has 1 N–H and O–H groups in total. The second kappa shape index (κ2) is 10.3. The van der Waals surface area contributed by atoms with Gasteiger partial charge in [0.1, 0.15) is 11.3 Å². The molecule has 0 bridgehead atoms. The van der Waals surface area contributed by atoms with E-state index in [-0.39, 0.29) is 16.8 Å². The molecule has 36 heavy (non-hydrogen) atoms. The average Bonchev–Trinajstić information content (AvgIpc) is 3.32. The minimum Gasteiger partial charge on any atom is -0.368 e. The van der Waals surface area contributed by atoms with E-state index in [4.69, 9.17) is 11.6 Å². The van der Waals surface area contributed by atoms with Crippen LogP contribution in [0, 0.1) is 5.95 Å². The van der Waals surface area contributed by atoms with Crippen LogP contribution in [0.3, 0.4) is 0 Å². The molecular weight excluding hydrogens is 481 g/mol. The molecule has 1 aliphatic heterocycles. The lowest BCUT2D eigenvalue weighted by Gasteiger charge is -2.38. The van der Waals surface area contributed by atoms with Crippen LogP contribution in [0.15, 0.2) is 43.0 Å². The molecule has 0 saturated carbocycles. The van der Waals surface area contributed by atoms with Gasteiger partial charge in [0.05, 0.1) is 35.1 Å². The van der Waals surface area contributed by atoms with Crippen molar-refractivity contribution in [2.75, 3.05) is 42.9 Å². The maximum Gasteiger partial charge on any atom is 0.241 e. The highest BCUT2D eigenvalue weighted by molar-refractivity contribution is 6.28. The van der Waals surface area contributed by atoms with E-state index in [0.717, 1.165) is 37.7 Å². The van der Waals surface area contributed by atoms with Crippen molar-refractivity contribution in [3.8, 4) is 11.4 Å². The summed E-state index contributed by atoms with van der Waals surface area (Å²) in [4.78, 5) is 25.8. The van der Waals surface area contributed by atoms with Gasteiger partial charge in [0, 0.05) is 51.0 Å². The average molecular weight is 510 g/mol. The molecular formula is C25H29ClFN9. The lowest BCUT2D eigenvalue weighted by molar-refractivity contribution is 0.209. The zero-order chi connectivity index (χ0) is 25.2. The van der Waals surface area contributed by atoms with Gasteiger partial charge in [-0.2, -0.15) is 4.39 Å². The lowest BCUT2D eigenvalue weighted by Crippen LogP contribution is -2.48. The molecule has 1 fully saturated rings. The van der Waals surface area contributed by atoms with Crippen molar-refractivity contribution in [3.63, 3.8) is 0 Å². The number of nitrogens with one attached hydrogen (secondary N) is 1. The number of hydrogen-bond donors (Lipinski definition) is 1. The van der Waals surface area contributed by atoms with Gasteiger partial charge in [-0.3, -0.25) is 4.90 Å². The number of halogens is 2. The Bertz CT molecular complexity index is 1330. The van der Waals surface area contributed by atoms with E-state index in [1.165, 1.54) is 6.20 Å². The van der Waals surface area contributed by atoms with Gasteiger partial charge >= 0.3 is 0 Å². The van der Waals surface area contributed by atoms with Gasteiger partial charge in [0.2, 0.25) is 11.2 Å². The summed E-state index contributed by atoms with van der Waals surface area (Å²) in [7, 11) is 0. The largest absolute Gasteiger partial charge is 0.368 e. The Morgan fingerprint density at radius 2 is 1.81 bits per heavy atom. The second-order valence-corrected chi connectivity index (χ2v) is 9.62. The van der Waals surface area contributed by atoms with Gasteiger partial charge in [-0.05, 0) is 56.6 Å². The summed E-state index contributed by atoms with van der Waals surface area (Å²) in [5.74, 6) is 0.141. The zero-order valence-electron chi connectivity index (χ0n) is 20.6. The van der Waals surface area contributed by atoms with E-state index >= 15 is 0 Å². The van der Waals surface area contributed by atoms with E-state index in [1.807, 2.05) is 23.8 Å². The monoisotopic (exact) mass is 509 g/mol. The highest BCUT2D eigenvalue weighted by atomic mass is 35.5. The summed E-state index contributed by atoms with van der Waals surface area (Å²) in [6.45, 7) is 11.3. The molecule has 4 aromatic heterocycles. The topological polar surface area (TPSA) is 87.9 Å². The maximum absolute atomic E-state index is 14.7. The molecule has 1 unspecified atom stereocenters. The summed E-state index contributed by atoms with van der Waals surface area (Å²) in [5, 5.41) is 3.46. The van der Waals surface area contributed by atoms with Gasteiger partial charge in [-0.15, -0.1) is 0 Å². The number of hydrogen-bond acceptors (Lipinski definition) is 8. The Morgan fingerprint density at radius 3 is 2.50 bits per heavy atom. The van der Waals surface area contributed by atoms with Gasteiger partial charge in [-0.1, -0.05) is 0 Å². The van der Waals surface area contributed by atoms with Gasteiger partial charge in [0.25, 0.3) is 0 Å². The molecule has 188 valence electrons. The van der Waals surface area contributed by atoms with Crippen LogP contribution in [0.1, 0.15) is 26.8 Å². The quantitative estimate of drug-likeness (QED) is 0.292. The SMILES string of the molecule is CC(C)N1CCN(c2ccc(NCC(C)n3cnc4c(F)nc(-c5ccnc(Cl)n5)cc43)nc2)CC1. The Labute approximate surface area is 214 Å². The van der Waals surface area contributed by atoms with Crippen molar-refractivity contribution < 1.29 is 4.39 Å². The third kappa shape index (κ3) is 5.10. The number of imidazole rings is 1. The number of aromatic nitrogens is 6. The van der Waals surface area contributed by atoms with E-state index in [1.54, 1.807) is 18.5 Å². The van der Waals surface area contributed by atoms with Crippen LogP contribution in [-0.2, 0) is 0 Å². The van der Waals surface area contributed by atoms with Crippen molar-refractivity contribution in [2.45, 2.75) is 32.9 Å². The van der Waals surface area contributed by atoms with E-state index < -0.39 is 5.95 Å². The molecule has 0 radical (unpaired) electrons. The van der Waals surface area contributed by atoms with Gasteiger partial charge in [0.15, 0.2) is 0 Å². The number of fused-ring (bicyclic) bond motifs is 1. The fraction of sp³-hybridized carbons (Fsp3) is 0.400. The minimum absolute atomic E-state index is 0.0239. The molecule has 1 aliphatic rings. The van der Waals surface area contributed by atoms with Crippen molar-refractivity contribution in [1.29, 1.82) is 0 Å². The maximum atomic E-state index is 14.7. The number of pyridine rings is 2. The third-order valence-corrected chi connectivity index (χ3v) is 6.80. The van der Waals surface area contributed by atoms with Crippen LogP contribution in [0.2, 0.25) is 5.28 Å². The van der Waals surface area contributed by atoms with E-state index in [2.05, 4.69) is 60.0 Å². The number of anilines is 2. The predicted octanol–water partition coefficient (Wildman–Crippen LogP) is 4.28. The predicted molar refractivity (Wildman–Crippen MR) is 140 cm³/mol. The van der Waals surface area contributed by atoms with Crippen LogP contribution in [0.5, 0.6) is 0 Å². The van der Waals surface area contributed by atoms with Crippen molar-refractivity contribution in [1.82, 2.24) is 34.4 Å². The van der Waals surface area contributed by atoms with E-state index in [0.29, 0.717) is 29.5 Å². The molecule has 5 rings (SSSR count). The summed E-state index contributed by atoms with van der Waals surface area (Å²) in [6.07, 6.45) is 5.07. The summed E-state index contributed by atoms with van der Waals surface area (Å²) in [6, 6.07) is 8.08. The summed E-state index contributed by atoms with van der Waals surface area (Å²) in [5.41, 5.74) is 2.80. The second-order valence-electron chi connectivity index (χ2n) is 9.28. The summed E-state index contributed by atoms with van der Waals surface area (Å²) < 4.78 is 16.6. The number of piperazine rings is 1.